The SMILES string of the molecule is CC1(C)c2cc(-c3ccc4c(c3)c3ccccc3n4-c3nc(-c4ccccc4)nc(-c4ccccc4)n3)ccc2N(c2ccccc2Br)c2c1ccc1ccccc21. The van der Waals surface area contributed by atoms with Crippen molar-refractivity contribution in [3.63, 3.8) is 0 Å². The molecule has 0 bridgehead atoms. The van der Waals surface area contributed by atoms with E-state index in [9.17, 15) is 0 Å². The van der Waals surface area contributed by atoms with Crippen molar-refractivity contribution in [1.82, 2.24) is 19.5 Å². The molecular weight excluding hydrogens is 775 g/mol. The minimum atomic E-state index is -0.270. The van der Waals surface area contributed by atoms with Crippen molar-refractivity contribution in [1.29, 1.82) is 0 Å². The van der Waals surface area contributed by atoms with Crippen molar-refractivity contribution in [3.8, 4) is 39.9 Å². The van der Waals surface area contributed by atoms with Crippen molar-refractivity contribution < 1.29 is 0 Å². The highest BCUT2D eigenvalue weighted by Crippen LogP contribution is 2.55. The number of halogens is 1. The summed E-state index contributed by atoms with van der Waals surface area (Å²) < 4.78 is 3.23. The fourth-order valence-electron chi connectivity index (χ4n) is 8.83. The van der Waals surface area contributed by atoms with Gasteiger partial charge in [-0.2, -0.15) is 9.97 Å². The Morgan fingerprint density at radius 2 is 1.05 bits per heavy atom. The number of para-hydroxylation sites is 2. The molecule has 0 radical (unpaired) electrons. The lowest BCUT2D eigenvalue weighted by Crippen LogP contribution is -2.31. The summed E-state index contributed by atoms with van der Waals surface area (Å²) in [7, 11) is 0. The Morgan fingerprint density at radius 1 is 0.448 bits per heavy atom. The molecule has 11 rings (SSSR count). The number of benzene rings is 8. The maximum absolute atomic E-state index is 5.12. The summed E-state index contributed by atoms with van der Waals surface area (Å²) in [5.74, 6) is 1.85. The van der Waals surface area contributed by atoms with Gasteiger partial charge in [0.1, 0.15) is 0 Å². The molecule has 6 heteroatoms. The molecule has 10 aromatic rings. The number of fused-ring (bicyclic) bond motifs is 7. The standard InChI is InChI=1S/C52H36BrN5/c1-52(2)41-28-25-33-15-9-10-20-38(33)48(41)57(47-24-14-12-22-43(47)53)46-30-27-37(32-42(46)52)36-26-29-45-40(31-36)39-21-11-13-23-44(39)58(45)51-55-49(34-16-5-3-6-17-34)54-50(56-51)35-18-7-4-8-19-35/h3-32H,1-2H3. The van der Waals surface area contributed by atoms with Gasteiger partial charge in [0.25, 0.3) is 0 Å². The van der Waals surface area contributed by atoms with Gasteiger partial charge < -0.3 is 4.90 Å². The minimum Gasteiger partial charge on any atom is -0.308 e. The van der Waals surface area contributed by atoms with Crippen LogP contribution in [0.4, 0.5) is 17.1 Å². The maximum Gasteiger partial charge on any atom is 0.238 e. The molecule has 0 atom stereocenters. The average molecular weight is 811 g/mol. The lowest BCUT2D eigenvalue weighted by molar-refractivity contribution is 0.633. The van der Waals surface area contributed by atoms with E-state index in [1.54, 1.807) is 0 Å². The summed E-state index contributed by atoms with van der Waals surface area (Å²) in [5, 5.41) is 4.75. The Labute approximate surface area is 345 Å². The molecule has 8 aromatic carbocycles. The third-order valence-electron chi connectivity index (χ3n) is 11.7. The van der Waals surface area contributed by atoms with Crippen LogP contribution in [0, 0.1) is 0 Å². The molecule has 0 amide bonds. The summed E-state index contributed by atoms with van der Waals surface area (Å²) in [6, 6.07) is 64.4. The number of anilines is 3. The van der Waals surface area contributed by atoms with Crippen molar-refractivity contribution in [2.75, 3.05) is 4.90 Å². The Balaban J connectivity index is 1.10. The van der Waals surface area contributed by atoms with Gasteiger partial charge in [0.2, 0.25) is 5.95 Å². The zero-order valence-corrected chi connectivity index (χ0v) is 33.5. The zero-order valence-electron chi connectivity index (χ0n) is 31.9. The van der Waals surface area contributed by atoms with E-state index >= 15 is 0 Å². The van der Waals surface area contributed by atoms with E-state index in [0.29, 0.717) is 17.6 Å². The Morgan fingerprint density at radius 3 is 1.79 bits per heavy atom. The molecule has 2 aromatic heterocycles. The quantitative estimate of drug-likeness (QED) is 0.174. The van der Waals surface area contributed by atoms with E-state index in [0.717, 1.165) is 48.7 Å². The molecule has 0 spiro atoms. The summed E-state index contributed by atoms with van der Waals surface area (Å²) in [4.78, 5) is 17.7. The normalized spacial score (nSPS) is 13.2. The first kappa shape index (κ1) is 34.4. The highest BCUT2D eigenvalue weighted by Gasteiger charge is 2.38. The second kappa shape index (κ2) is 13.4. The molecule has 0 unspecified atom stereocenters. The van der Waals surface area contributed by atoms with Gasteiger partial charge in [-0.25, -0.2) is 4.98 Å². The highest BCUT2D eigenvalue weighted by molar-refractivity contribution is 9.10. The van der Waals surface area contributed by atoms with Crippen LogP contribution < -0.4 is 4.90 Å². The predicted octanol–water partition coefficient (Wildman–Crippen LogP) is 14.0. The minimum absolute atomic E-state index is 0.270. The summed E-state index contributed by atoms with van der Waals surface area (Å²) in [6.45, 7) is 4.72. The van der Waals surface area contributed by atoms with E-state index in [2.05, 4.69) is 161 Å². The van der Waals surface area contributed by atoms with E-state index in [1.165, 1.54) is 38.8 Å². The van der Waals surface area contributed by atoms with Crippen LogP contribution in [0.5, 0.6) is 0 Å². The van der Waals surface area contributed by atoms with E-state index in [-0.39, 0.29) is 5.41 Å². The number of nitrogens with zero attached hydrogens (tertiary/aromatic N) is 5. The molecule has 1 aliphatic heterocycles. The summed E-state index contributed by atoms with van der Waals surface area (Å²) in [5.41, 5.74) is 12.1. The number of hydrogen-bond donors (Lipinski definition) is 0. The lowest BCUT2D eigenvalue weighted by atomic mass is 9.72. The molecule has 5 nitrogen and oxygen atoms in total. The second-order valence-electron chi connectivity index (χ2n) is 15.4. The second-order valence-corrected chi connectivity index (χ2v) is 16.3. The molecule has 0 N–H and O–H groups in total. The number of hydrogen-bond acceptors (Lipinski definition) is 4. The third-order valence-corrected chi connectivity index (χ3v) is 12.4. The molecule has 0 fully saturated rings. The van der Waals surface area contributed by atoms with Gasteiger partial charge in [-0.1, -0.05) is 153 Å². The van der Waals surface area contributed by atoms with Crippen LogP contribution in [0.3, 0.4) is 0 Å². The van der Waals surface area contributed by atoms with Gasteiger partial charge >= 0.3 is 0 Å². The van der Waals surface area contributed by atoms with Crippen molar-refractivity contribution in [2.45, 2.75) is 19.3 Å². The first-order valence-electron chi connectivity index (χ1n) is 19.6. The van der Waals surface area contributed by atoms with Crippen molar-refractivity contribution in [3.05, 3.63) is 198 Å². The molecule has 0 saturated heterocycles. The predicted molar refractivity (Wildman–Crippen MR) is 242 cm³/mol. The molecule has 3 heterocycles. The summed E-state index contributed by atoms with van der Waals surface area (Å²) >= 11 is 3.92. The van der Waals surface area contributed by atoms with Crippen molar-refractivity contribution in [2.24, 2.45) is 0 Å². The molecule has 1 aliphatic rings. The Hall–Kier alpha value is -6.89. The Bertz CT molecular complexity index is 3170. The molecule has 0 saturated carbocycles. The Kier molecular flexibility index (Phi) is 7.92. The van der Waals surface area contributed by atoms with Gasteiger partial charge in [-0.05, 0) is 86.0 Å². The van der Waals surface area contributed by atoms with Crippen LogP contribution in [0.1, 0.15) is 25.0 Å². The van der Waals surface area contributed by atoms with Crippen LogP contribution in [-0.4, -0.2) is 19.5 Å². The fraction of sp³-hybridized carbons (Fsp3) is 0.0577. The van der Waals surface area contributed by atoms with Crippen LogP contribution in [-0.2, 0) is 5.41 Å². The maximum atomic E-state index is 5.12. The van der Waals surface area contributed by atoms with Crippen LogP contribution in [0.15, 0.2) is 186 Å². The van der Waals surface area contributed by atoms with E-state index in [4.69, 9.17) is 15.0 Å². The van der Waals surface area contributed by atoms with Gasteiger partial charge in [-0.15, -0.1) is 0 Å². The van der Waals surface area contributed by atoms with Crippen LogP contribution >= 0.6 is 15.9 Å². The van der Waals surface area contributed by atoms with Crippen molar-refractivity contribution >= 4 is 65.6 Å². The summed E-state index contributed by atoms with van der Waals surface area (Å²) in [6.07, 6.45) is 0. The number of aromatic nitrogens is 4. The van der Waals surface area contributed by atoms with Gasteiger partial charge in [0, 0.05) is 37.2 Å². The monoisotopic (exact) mass is 809 g/mol. The molecule has 276 valence electrons. The number of rotatable bonds is 5. The topological polar surface area (TPSA) is 46.8 Å². The van der Waals surface area contributed by atoms with E-state index < -0.39 is 0 Å². The lowest BCUT2D eigenvalue weighted by Gasteiger charge is -2.43. The van der Waals surface area contributed by atoms with Crippen LogP contribution in [0.25, 0.3) is 72.4 Å². The average Bonchev–Trinajstić information content (AvgIpc) is 3.61. The third kappa shape index (κ3) is 5.40. The van der Waals surface area contributed by atoms with Gasteiger partial charge in [0.05, 0.1) is 28.1 Å². The largest absolute Gasteiger partial charge is 0.308 e. The molecule has 58 heavy (non-hydrogen) atoms. The van der Waals surface area contributed by atoms with Gasteiger partial charge in [0.15, 0.2) is 11.6 Å². The first-order valence-corrected chi connectivity index (χ1v) is 20.4. The molecule has 0 aliphatic carbocycles. The van der Waals surface area contributed by atoms with E-state index in [1.807, 2.05) is 60.7 Å². The fourth-order valence-corrected chi connectivity index (χ4v) is 9.29. The zero-order chi connectivity index (χ0) is 39.0. The van der Waals surface area contributed by atoms with Crippen LogP contribution in [0.2, 0.25) is 0 Å². The smallest absolute Gasteiger partial charge is 0.238 e. The first-order chi connectivity index (χ1) is 28.4. The highest BCUT2D eigenvalue weighted by atomic mass is 79.9. The van der Waals surface area contributed by atoms with Gasteiger partial charge in [-0.3, -0.25) is 4.57 Å². The molecular formula is C52H36BrN5.